The van der Waals surface area contributed by atoms with Gasteiger partial charge in [-0.15, -0.1) is 0 Å². The molecule has 0 bridgehead atoms. The lowest BCUT2D eigenvalue weighted by Gasteiger charge is -2.33. The van der Waals surface area contributed by atoms with Gasteiger partial charge in [-0.3, -0.25) is 14.7 Å². The molecule has 0 saturated carbocycles. The van der Waals surface area contributed by atoms with E-state index < -0.39 is 21.8 Å². The van der Waals surface area contributed by atoms with Crippen LogP contribution in [0.4, 0.5) is 9.52 Å². The number of benzene rings is 2. The van der Waals surface area contributed by atoms with Gasteiger partial charge in [-0.25, -0.2) is 17.8 Å². The van der Waals surface area contributed by atoms with Crippen molar-refractivity contribution in [1.29, 1.82) is 0 Å². The van der Waals surface area contributed by atoms with Gasteiger partial charge < -0.3 is 4.74 Å². The van der Waals surface area contributed by atoms with Gasteiger partial charge in [0.15, 0.2) is 5.13 Å². The van der Waals surface area contributed by atoms with E-state index in [1.54, 1.807) is 36.5 Å². The van der Waals surface area contributed by atoms with Crippen molar-refractivity contribution in [2.75, 3.05) is 25.1 Å². The second-order valence-electron chi connectivity index (χ2n) is 8.81. The first-order valence-corrected chi connectivity index (χ1v) is 14.5. The molecule has 5 rings (SSSR count). The van der Waals surface area contributed by atoms with Gasteiger partial charge in [0, 0.05) is 31.4 Å². The number of halogens is 2. The number of piperidine rings is 1. The standard InChI is InChI=1S/C26H24ClFN4O4S2/c1-36-21-7-6-19(27)24-23(21)30-26(37-24)32(16-17-8-12-29-13-9-17)25(33)18-10-14-31(15-11-18)38(34,35)22-5-3-2-4-20(22)28/h2-9,12-13,18H,10-11,14-16H2,1H3. The summed E-state index contributed by atoms with van der Waals surface area (Å²) in [5.74, 6) is -0.846. The molecule has 1 saturated heterocycles. The number of sulfonamides is 1. The molecule has 0 aliphatic carbocycles. The number of pyridine rings is 1. The number of ether oxygens (including phenoxy) is 1. The molecule has 1 amide bonds. The number of thiazole rings is 1. The molecule has 2 aromatic heterocycles. The number of carbonyl (C=O) groups excluding carboxylic acids is 1. The van der Waals surface area contributed by atoms with E-state index in [4.69, 9.17) is 21.3 Å². The Morgan fingerprint density at radius 3 is 2.55 bits per heavy atom. The van der Waals surface area contributed by atoms with Crippen LogP contribution in [0.5, 0.6) is 5.75 Å². The number of carbonyl (C=O) groups is 1. The fraction of sp³-hybridized carbons (Fsp3) is 0.269. The van der Waals surface area contributed by atoms with Gasteiger partial charge in [-0.05, 0) is 54.8 Å². The summed E-state index contributed by atoms with van der Waals surface area (Å²) >= 11 is 7.72. The third kappa shape index (κ3) is 5.11. The van der Waals surface area contributed by atoms with E-state index in [-0.39, 0.29) is 30.4 Å². The Morgan fingerprint density at radius 1 is 1.16 bits per heavy atom. The zero-order valence-electron chi connectivity index (χ0n) is 20.4. The number of amides is 1. The number of aromatic nitrogens is 2. The maximum absolute atomic E-state index is 14.2. The summed E-state index contributed by atoms with van der Waals surface area (Å²) in [6, 6.07) is 12.4. The summed E-state index contributed by atoms with van der Waals surface area (Å²) in [5.41, 5.74) is 1.43. The van der Waals surface area contributed by atoms with E-state index in [1.165, 1.54) is 33.8 Å². The minimum Gasteiger partial charge on any atom is -0.494 e. The van der Waals surface area contributed by atoms with Crippen LogP contribution in [0.1, 0.15) is 18.4 Å². The molecular weight excluding hydrogens is 551 g/mol. The highest BCUT2D eigenvalue weighted by molar-refractivity contribution is 7.89. The maximum Gasteiger partial charge on any atom is 0.245 e. The third-order valence-electron chi connectivity index (χ3n) is 6.51. The molecule has 4 aromatic rings. The monoisotopic (exact) mass is 574 g/mol. The molecule has 0 N–H and O–H groups in total. The molecule has 0 atom stereocenters. The predicted molar refractivity (Wildman–Crippen MR) is 144 cm³/mol. The van der Waals surface area contributed by atoms with Crippen LogP contribution in [0.3, 0.4) is 0 Å². The van der Waals surface area contributed by atoms with E-state index in [9.17, 15) is 17.6 Å². The lowest BCUT2D eigenvalue weighted by atomic mass is 9.96. The molecule has 198 valence electrons. The average Bonchev–Trinajstić information content (AvgIpc) is 3.39. The fourth-order valence-electron chi connectivity index (χ4n) is 4.49. The molecule has 12 heteroatoms. The van der Waals surface area contributed by atoms with Crippen LogP contribution in [0.2, 0.25) is 5.02 Å². The summed E-state index contributed by atoms with van der Waals surface area (Å²) in [5, 5.41) is 0.974. The van der Waals surface area contributed by atoms with Gasteiger partial charge in [0.1, 0.15) is 22.0 Å². The van der Waals surface area contributed by atoms with E-state index in [0.29, 0.717) is 39.0 Å². The summed E-state index contributed by atoms with van der Waals surface area (Å²) in [7, 11) is -2.46. The van der Waals surface area contributed by atoms with Crippen LogP contribution in [0.15, 0.2) is 65.8 Å². The predicted octanol–water partition coefficient (Wildman–Crippen LogP) is 5.13. The highest BCUT2D eigenvalue weighted by Gasteiger charge is 2.36. The Balaban J connectivity index is 1.42. The van der Waals surface area contributed by atoms with Gasteiger partial charge in [0.05, 0.1) is 23.4 Å². The third-order valence-corrected chi connectivity index (χ3v) is 9.98. The molecule has 0 spiro atoms. The van der Waals surface area contributed by atoms with Crippen LogP contribution in [-0.2, 0) is 21.4 Å². The zero-order chi connectivity index (χ0) is 26.9. The van der Waals surface area contributed by atoms with Crippen LogP contribution >= 0.6 is 22.9 Å². The highest BCUT2D eigenvalue weighted by Crippen LogP contribution is 2.40. The van der Waals surface area contributed by atoms with E-state index in [0.717, 1.165) is 11.6 Å². The van der Waals surface area contributed by atoms with Gasteiger partial charge in [-0.1, -0.05) is 35.1 Å². The molecule has 1 aliphatic heterocycles. The lowest BCUT2D eigenvalue weighted by molar-refractivity contribution is -0.123. The lowest BCUT2D eigenvalue weighted by Crippen LogP contribution is -2.44. The summed E-state index contributed by atoms with van der Waals surface area (Å²) < 4.78 is 47.7. The summed E-state index contributed by atoms with van der Waals surface area (Å²) in [6.07, 6.45) is 3.91. The van der Waals surface area contributed by atoms with Crippen molar-refractivity contribution < 1.29 is 22.3 Å². The number of nitrogens with zero attached hydrogens (tertiary/aromatic N) is 4. The van der Waals surface area contributed by atoms with Crippen molar-refractivity contribution in [3.63, 3.8) is 0 Å². The zero-order valence-corrected chi connectivity index (χ0v) is 22.8. The molecular formula is C26H24ClFN4O4S2. The SMILES string of the molecule is COc1ccc(Cl)c2sc(N(Cc3ccncc3)C(=O)C3CCN(S(=O)(=O)c4ccccc4F)CC3)nc12. The number of rotatable bonds is 7. The number of fused-ring (bicyclic) bond motifs is 1. The van der Waals surface area contributed by atoms with Crippen molar-refractivity contribution >= 4 is 54.2 Å². The molecule has 38 heavy (non-hydrogen) atoms. The quantitative estimate of drug-likeness (QED) is 0.304. The highest BCUT2D eigenvalue weighted by atomic mass is 35.5. The second-order valence-corrected chi connectivity index (χ2v) is 12.1. The number of anilines is 1. The van der Waals surface area contributed by atoms with E-state index in [1.807, 2.05) is 12.1 Å². The molecule has 3 heterocycles. The van der Waals surface area contributed by atoms with Crippen molar-refractivity contribution in [2.45, 2.75) is 24.3 Å². The molecule has 8 nitrogen and oxygen atoms in total. The first kappa shape index (κ1) is 26.5. The number of hydrogen-bond donors (Lipinski definition) is 0. The fourth-order valence-corrected chi connectivity index (χ4v) is 7.28. The molecule has 1 fully saturated rings. The molecule has 0 unspecified atom stereocenters. The first-order chi connectivity index (χ1) is 18.3. The topological polar surface area (TPSA) is 92.7 Å². The molecule has 1 aliphatic rings. The molecule has 2 aromatic carbocycles. The normalized spacial score (nSPS) is 15.0. The number of hydrogen-bond acceptors (Lipinski definition) is 7. The van der Waals surface area contributed by atoms with E-state index >= 15 is 0 Å². The van der Waals surface area contributed by atoms with Crippen LogP contribution in [0, 0.1) is 11.7 Å². The van der Waals surface area contributed by atoms with Crippen molar-refractivity contribution in [3.05, 3.63) is 77.3 Å². The smallest absolute Gasteiger partial charge is 0.245 e. The van der Waals surface area contributed by atoms with Gasteiger partial charge >= 0.3 is 0 Å². The average molecular weight is 575 g/mol. The first-order valence-electron chi connectivity index (χ1n) is 11.9. The van der Waals surface area contributed by atoms with Crippen molar-refractivity contribution in [2.24, 2.45) is 5.92 Å². The Labute approximate surface area is 228 Å². The number of methoxy groups -OCH3 is 1. The summed E-state index contributed by atoms with van der Waals surface area (Å²) in [6.45, 7) is 0.472. The van der Waals surface area contributed by atoms with E-state index in [2.05, 4.69) is 4.98 Å². The minimum absolute atomic E-state index is 0.107. The van der Waals surface area contributed by atoms with Crippen LogP contribution < -0.4 is 9.64 Å². The van der Waals surface area contributed by atoms with Gasteiger partial charge in [-0.2, -0.15) is 4.31 Å². The second kappa shape index (κ2) is 10.9. The Hall–Kier alpha value is -3.12. The van der Waals surface area contributed by atoms with Crippen LogP contribution in [0.25, 0.3) is 10.2 Å². The van der Waals surface area contributed by atoms with Gasteiger partial charge in [0.25, 0.3) is 0 Å². The summed E-state index contributed by atoms with van der Waals surface area (Å²) in [4.78, 5) is 23.9. The van der Waals surface area contributed by atoms with Crippen molar-refractivity contribution in [3.8, 4) is 5.75 Å². The van der Waals surface area contributed by atoms with Crippen LogP contribution in [-0.4, -0.2) is 48.8 Å². The largest absolute Gasteiger partial charge is 0.494 e. The minimum atomic E-state index is -4.00. The van der Waals surface area contributed by atoms with Crippen molar-refractivity contribution in [1.82, 2.24) is 14.3 Å². The maximum atomic E-state index is 14.2. The Morgan fingerprint density at radius 2 is 1.87 bits per heavy atom. The Kier molecular flexibility index (Phi) is 7.62. The van der Waals surface area contributed by atoms with Gasteiger partial charge in [0.2, 0.25) is 15.9 Å². The Bertz CT molecular complexity index is 1570. The molecule has 0 radical (unpaired) electrons.